The maximum absolute atomic E-state index is 12.6. The Morgan fingerprint density at radius 3 is 2.68 bits per heavy atom. The first kappa shape index (κ1) is 17.2. The fourth-order valence-electron chi connectivity index (χ4n) is 2.55. The smallest absolute Gasteiger partial charge is 0.243 e. The summed E-state index contributed by atoms with van der Waals surface area (Å²) in [6, 6.07) is 9.90. The highest BCUT2D eigenvalue weighted by atomic mass is 32.2. The number of rotatable bonds is 5. The van der Waals surface area contributed by atoms with Gasteiger partial charge in [0.25, 0.3) is 0 Å². The molecule has 1 aliphatic heterocycles. The Bertz CT molecular complexity index is 931. The van der Waals surface area contributed by atoms with Gasteiger partial charge in [0.2, 0.25) is 15.9 Å². The monoisotopic (exact) mass is 359 g/mol. The fourth-order valence-corrected chi connectivity index (χ4v) is 4.14. The lowest BCUT2D eigenvalue weighted by atomic mass is 10.2. The van der Waals surface area contributed by atoms with E-state index < -0.39 is 10.0 Å². The van der Waals surface area contributed by atoms with Crippen molar-refractivity contribution in [2.75, 3.05) is 20.2 Å². The summed E-state index contributed by atoms with van der Waals surface area (Å²) in [5, 5.41) is 8.87. The van der Waals surface area contributed by atoms with Crippen LogP contribution >= 0.6 is 0 Å². The number of aryl methyl sites for hydroxylation is 1. The molecule has 130 valence electrons. The number of nitriles is 1. The molecule has 0 spiro atoms. The van der Waals surface area contributed by atoms with Crippen molar-refractivity contribution in [3.8, 4) is 17.7 Å². The summed E-state index contributed by atoms with van der Waals surface area (Å²) in [5.74, 6) is 0.966. The molecule has 1 aliphatic rings. The van der Waals surface area contributed by atoms with Crippen LogP contribution in [-0.4, -0.2) is 44.0 Å². The first-order chi connectivity index (χ1) is 11.9. The molecule has 1 aromatic carbocycles. The van der Waals surface area contributed by atoms with Gasteiger partial charge in [-0.3, -0.25) is 0 Å². The number of hydrogen-bond donors (Lipinski definition) is 0. The highest BCUT2D eigenvalue weighted by molar-refractivity contribution is 7.89. The molecule has 0 saturated carbocycles. The Morgan fingerprint density at radius 1 is 1.28 bits per heavy atom. The third kappa shape index (κ3) is 3.43. The standard InChI is InChI=1S/C17H17N3O4S/c1-12-7-15(3-4-16(12)23-2)25(21,22)20-10-14(11-20)24-17-8-13(9-18)5-6-19-17/h3-8,14H,10-11H2,1-2H3. The first-order valence-electron chi connectivity index (χ1n) is 7.61. The molecule has 0 amide bonds. The van der Waals surface area contributed by atoms with E-state index in [1.54, 1.807) is 32.2 Å². The molecule has 25 heavy (non-hydrogen) atoms. The Kier molecular flexibility index (Phi) is 4.61. The van der Waals surface area contributed by atoms with Crippen molar-refractivity contribution in [3.05, 3.63) is 47.7 Å². The molecule has 0 bridgehead atoms. The molecule has 0 atom stereocenters. The number of benzene rings is 1. The van der Waals surface area contributed by atoms with Gasteiger partial charge in [-0.05, 0) is 36.8 Å². The lowest BCUT2D eigenvalue weighted by Crippen LogP contribution is -2.56. The van der Waals surface area contributed by atoms with E-state index in [4.69, 9.17) is 14.7 Å². The Morgan fingerprint density at radius 2 is 2.04 bits per heavy atom. The highest BCUT2D eigenvalue weighted by Crippen LogP contribution is 2.27. The van der Waals surface area contributed by atoms with Crippen LogP contribution in [0.25, 0.3) is 0 Å². The predicted molar refractivity (Wildman–Crippen MR) is 89.9 cm³/mol. The lowest BCUT2D eigenvalue weighted by molar-refractivity contribution is 0.0720. The average Bonchev–Trinajstić information content (AvgIpc) is 2.57. The maximum Gasteiger partial charge on any atom is 0.243 e. The second-order valence-corrected chi connectivity index (χ2v) is 7.63. The van der Waals surface area contributed by atoms with Crippen LogP contribution in [0.2, 0.25) is 0 Å². The number of nitrogens with zero attached hydrogens (tertiary/aromatic N) is 3. The van der Waals surface area contributed by atoms with Gasteiger partial charge in [0.05, 0.1) is 36.7 Å². The molecule has 1 fully saturated rings. The van der Waals surface area contributed by atoms with Gasteiger partial charge in [-0.25, -0.2) is 13.4 Å². The Hall–Kier alpha value is -2.63. The minimum atomic E-state index is -3.56. The van der Waals surface area contributed by atoms with Crippen molar-refractivity contribution in [1.29, 1.82) is 5.26 Å². The van der Waals surface area contributed by atoms with Crippen LogP contribution in [0.5, 0.6) is 11.6 Å². The molecular weight excluding hydrogens is 342 g/mol. The van der Waals surface area contributed by atoms with Crippen LogP contribution in [0.3, 0.4) is 0 Å². The molecular formula is C17H17N3O4S. The molecule has 1 saturated heterocycles. The summed E-state index contributed by atoms with van der Waals surface area (Å²) in [5.41, 5.74) is 1.21. The molecule has 0 N–H and O–H groups in total. The van der Waals surface area contributed by atoms with Gasteiger partial charge in [-0.1, -0.05) is 0 Å². The summed E-state index contributed by atoms with van der Waals surface area (Å²) in [4.78, 5) is 4.26. The fraction of sp³-hybridized carbons (Fsp3) is 0.294. The van der Waals surface area contributed by atoms with Gasteiger partial charge in [0.1, 0.15) is 11.9 Å². The molecule has 8 heteroatoms. The van der Waals surface area contributed by atoms with Crippen LogP contribution in [0.1, 0.15) is 11.1 Å². The van der Waals surface area contributed by atoms with E-state index in [0.717, 1.165) is 5.56 Å². The highest BCUT2D eigenvalue weighted by Gasteiger charge is 2.38. The van der Waals surface area contributed by atoms with Crippen LogP contribution in [0.4, 0.5) is 0 Å². The summed E-state index contributed by atoms with van der Waals surface area (Å²) in [6.45, 7) is 2.28. The zero-order valence-corrected chi connectivity index (χ0v) is 14.7. The van der Waals surface area contributed by atoms with E-state index in [0.29, 0.717) is 17.2 Å². The number of hydrogen-bond acceptors (Lipinski definition) is 6. The van der Waals surface area contributed by atoms with E-state index >= 15 is 0 Å². The Balaban J connectivity index is 1.67. The minimum absolute atomic E-state index is 0.230. The topological polar surface area (TPSA) is 92.5 Å². The number of methoxy groups -OCH3 is 1. The average molecular weight is 359 g/mol. The van der Waals surface area contributed by atoms with Gasteiger partial charge in [-0.2, -0.15) is 9.57 Å². The zero-order chi connectivity index (χ0) is 18.0. The van der Waals surface area contributed by atoms with Crippen molar-refractivity contribution in [1.82, 2.24) is 9.29 Å². The predicted octanol–water partition coefficient (Wildman–Crippen LogP) is 1.72. The normalized spacial score (nSPS) is 15.2. The Labute approximate surface area is 146 Å². The summed E-state index contributed by atoms with van der Waals surface area (Å²) < 4.78 is 37.4. The SMILES string of the molecule is COc1ccc(S(=O)(=O)N2CC(Oc3cc(C#N)ccn3)C2)cc1C. The third-order valence-electron chi connectivity index (χ3n) is 3.97. The van der Waals surface area contributed by atoms with Crippen LogP contribution in [-0.2, 0) is 10.0 Å². The van der Waals surface area contributed by atoms with Crippen LogP contribution < -0.4 is 9.47 Å². The second kappa shape index (κ2) is 6.70. The molecule has 0 unspecified atom stereocenters. The molecule has 2 heterocycles. The van der Waals surface area contributed by atoms with E-state index in [9.17, 15) is 8.42 Å². The largest absolute Gasteiger partial charge is 0.496 e. The first-order valence-corrected chi connectivity index (χ1v) is 9.05. The van der Waals surface area contributed by atoms with Gasteiger partial charge < -0.3 is 9.47 Å². The zero-order valence-electron chi connectivity index (χ0n) is 13.8. The van der Waals surface area contributed by atoms with Gasteiger partial charge in [0.15, 0.2) is 0 Å². The third-order valence-corrected chi connectivity index (χ3v) is 5.80. The van der Waals surface area contributed by atoms with Crippen molar-refractivity contribution >= 4 is 10.0 Å². The summed E-state index contributed by atoms with van der Waals surface area (Å²) in [7, 11) is -2.02. The second-order valence-electron chi connectivity index (χ2n) is 5.69. The van der Waals surface area contributed by atoms with Gasteiger partial charge in [-0.15, -0.1) is 0 Å². The van der Waals surface area contributed by atoms with E-state index in [1.807, 2.05) is 6.07 Å². The number of ether oxygens (including phenoxy) is 2. The van der Waals surface area contributed by atoms with E-state index in [-0.39, 0.29) is 24.1 Å². The quantitative estimate of drug-likeness (QED) is 0.807. The summed E-state index contributed by atoms with van der Waals surface area (Å²) >= 11 is 0. The van der Waals surface area contributed by atoms with E-state index in [2.05, 4.69) is 4.98 Å². The maximum atomic E-state index is 12.6. The van der Waals surface area contributed by atoms with E-state index in [1.165, 1.54) is 22.6 Å². The van der Waals surface area contributed by atoms with Gasteiger partial charge >= 0.3 is 0 Å². The van der Waals surface area contributed by atoms with Gasteiger partial charge in [0, 0.05) is 12.3 Å². The van der Waals surface area contributed by atoms with Crippen molar-refractivity contribution in [3.63, 3.8) is 0 Å². The van der Waals surface area contributed by atoms with Crippen molar-refractivity contribution < 1.29 is 17.9 Å². The summed E-state index contributed by atoms with van der Waals surface area (Å²) in [6.07, 6.45) is 1.21. The van der Waals surface area contributed by atoms with Crippen molar-refractivity contribution in [2.45, 2.75) is 17.9 Å². The molecule has 0 aliphatic carbocycles. The number of pyridine rings is 1. The van der Waals surface area contributed by atoms with Crippen molar-refractivity contribution in [2.24, 2.45) is 0 Å². The van der Waals surface area contributed by atoms with Crippen LogP contribution in [0.15, 0.2) is 41.4 Å². The molecule has 7 nitrogen and oxygen atoms in total. The number of sulfonamides is 1. The molecule has 2 aromatic rings. The molecule has 0 radical (unpaired) electrons. The number of aromatic nitrogens is 1. The molecule has 3 rings (SSSR count). The minimum Gasteiger partial charge on any atom is -0.496 e. The molecule has 1 aromatic heterocycles. The van der Waals surface area contributed by atoms with Crippen LogP contribution in [0, 0.1) is 18.3 Å². The lowest BCUT2D eigenvalue weighted by Gasteiger charge is -2.37.